The van der Waals surface area contributed by atoms with Crippen molar-refractivity contribution in [2.75, 3.05) is 6.61 Å². The molecule has 1 atom stereocenters. The lowest BCUT2D eigenvalue weighted by molar-refractivity contribution is -0.126. The Kier molecular flexibility index (Phi) is 1.58. The Balaban J connectivity index is 2.73. The minimum Gasteiger partial charge on any atom is -0.384 e. The highest BCUT2D eigenvalue weighted by molar-refractivity contribution is 6.07. The zero-order valence-corrected chi connectivity index (χ0v) is 5.16. The molecule has 1 rings (SSSR count). The summed E-state index contributed by atoms with van der Waals surface area (Å²) in [6, 6.07) is 0. The van der Waals surface area contributed by atoms with Gasteiger partial charge < -0.3 is 10.2 Å². The summed E-state index contributed by atoms with van der Waals surface area (Å²) in [7, 11) is 0. The van der Waals surface area contributed by atoms with Gasteiger partial charge in [0.05, 0.1) is 0 Å². The lowest BCUT2D eigenvalue weighted by Crippen LogP contribution is -2.40. The fourth-order valence-corrected chi connectivity index (χ4v) is 0.587. The number of rotatable bonds is 0. The Labute approximate surface area is 58.0 Å². The summed E-state index contributed by atoms with van der Waals surface area (Å²) in [5.41, 5.74) is -1.61. The summed E-state index contributed by atoms with van der Waals surface area (Å²) >= 11 is 0. The van der Waals surface area contributed by atoms with Gasteiger partial charge in [-0.25, -0.2) is 0 Å². The van der Waals surface area contributed by atoms with Gasteiger partial charge in [0.1, 0.15) is 6.61 Å². The third-order valence-corrected chi connectivity index (χ3v) is 1.21. The fraction of sp³-hybridized carbons (Fsp3) is 0.286. The predicted octanol–water partition coefficient (Wildman–Crippen LogP) is -1.15. The van der Waals surface area contributed by atoms with Crippen molar-refractivity contribution in [3.8, 4) is 11.8 Å². The van der Waals surface area contributed by atoms with Gasteiger partial charge in [-0.1, -0.05) is 11.8 Å². The van der Waals surface area contributed by atoms with E-state index in [0.717, 1.165) is 0 Å². The van der Waals surface area contributed by atoms with Gasteiger partial charge in [-0.3, -0.25) is 4.79 Å². The molecule has 3 heteroatoms. The lowest BCUT2D eigenvalue weighted by atomic mass is 9.89. The van der Waals surface area contributed by atoms with E-state index in [4.69, 9.17) is 10.2 Å². The van der Waals surface area contributed by atoms with Crippen LogP contribution < -0.4 is 0 Å². The van der Waals surface area contributed by atoms with Gasteiger partial charge in [0, 0.05) is 0 Å². The molecule has 0 fully saturated rings. The van der Waals surface area contributed by atoms with Crippen molar-refractivity contribution >= 4 is 5.78 Å². The van der Waals surface area contributed by atoms with Crippen molar-refractivity contribution in [3.63, 3.8) is 0 Å². The van der Waals surface area contributed by atoms with Crippen LogP contribution >= 0.6 is 0 Å². The van der Waals surface area contributed by atoms with Gasteiger partial charge in [-0.2, -0.15) is 0 Å². The van der Waals surface area contributed by atoms with E-state index in [1.54, 1.807) is 0 Å². The molecule has 10 heavy (non-hydrogen) atoms. The second-order valence-corrected chi connectivity index (χ2v) is 1.92. The molecule has 0 radical (unpaired) electrons. The van der Waals surface area contributed by atoms with Crippen molar-refractivity contribution < 1.29 is 15.0 Å². The van der Waals surface area contributed by atoms with Crippen LogP contribution in [0.25, 0.3) is 0 Å². The number of aliphatic hydroxyl groups excluding tert-OH is 1. The number of aliphatic hydroxyl groups is 2. The van der Waals surface area contributed by atoms with Crippen molar-refractivity contribution in [1.82, 2.24) is 0 Å². The molecule has 1 unspecified atom stereocenters. The van der Waals surface area contributed by atoms with Crippen LogP contribution in [0.2, 0.25) is 0 Å². The van der Waals surface area contributed by atoms with E-state index in [9.17, 15) is 4.79 Å². The molecule has 1 aliphatic carbocycles. The molecule has 0 amide bonds. The maximum Gasteiger partial charge on any atom is 0.208 e. The molecule has 0 bridgehead atoms. The highest BCUT2D eigenvalue weighted by Gasteiger charge is 2.35. The summed E-state index contributed by atoms with van der Waals surface area (Å²) in [6.45, 7) is -0.344. The van der Waals surface area contributed by atoms with Crippen LogP contribution in [0.5, 0.6) is 0 Å². The van der Waals surface area contributed by atoms with E-state index in [0.29, 0.717) is 0 Å². The van der Waals surface area contributed by atoms with E-state index in [1.807, 2.05) is 0 Å². The molecule has 0 aliphatic heterocycles. The molecule has 1 aliphatic rings. The zero-order chi connectivity index (χ0) is 7.61. The summed E-state index contributed by atoms with van der Waals surface area (Å²) in [5, 5.41) is 17.3. The Morgan fingerprint density at radius 2 is 2.40 bits per heavy atom. The third kappa shape index (κ3) is 0.947. The first kappa shape index (κ1) is 7.00. The first-order valence-corrected chi connectivity index (χ1v) is 2.76. The van der Waals surface area contributed by atoms with Gasteiger partial charge in [0.2, 0.25) is 11.4 Å². The largest absolute Gasteiger partial charge is 0.384 e. The van der Waals surface area contributed by atoms with E-state index < -0.39 is 11.4 Å². The number of ketones is 1. The molecule has 2 N–H and O–H groups in total. The summed E-state index contributed by atoms with van der Waals surface area (Å²) in [6.07, 6.45) is 2.53. The monoisotopic (exact) mass is 138 g/mol. The van der Waals surface area contributed by atoms with Crippen LogP contribution in [0.4, 0.5) is 0 Å². The molecule has 52 valence electrons. The standard InChI is InChI=1S/C7H6O3/c8-5-1-3-7(10)4-2-6(7)9/h2,4,8,10H,5H2. The average molecular weight is 138 g/mol. The molecule has 0 aromatic heterocycles. The molecule has 0 spiro atoms. The van der Waals surface area contributed by atoms with E-state index >= 15 is 0 Å². The average Bonchev–Trinajstić information content (AvgIpc) is 1.97. The predicted molar refractivity (Wildman–Crippen MR) is 34.0 cm³/mol. The quantitative estimate of drug-likeness (QED) is 0.416. The van der Waals surface area contributed by atoms with Gasteiger partial charge in [0.25, 0.3) is 0 Å². The molecule has 0 aromatic carbocycles. The minimum atomic E-state index is -1.61. The summed E-state index contributed by atoms with van der Waals surface area (Å²) in [5.74, 6) is 4.00. The van der Waals surface area contributed by atoms with Crippen molar-refractivity contribution in [2.24, 2.45) is 0 Å². The molecule has 3 nitrogen and oxygen atoms in total. The van der Waals surface area contributed by atoms with Gasteiger partial charge >= 0.3 is 0 Å². The van der Waals surface area contributed by atoms with Crippen LogP contribution in [-0.4, -0.2) is 28.2 Å². The Bertz CT molecular complexity index is 243. The van der Waals surface area contributed by atoms with Crippen LogP contribution in [0.1, 0.15) is 0 Å². The van der Waals surface area contributed by atoms with E-state index in [2.05, 4.69) is 11.8 Å². The molecule has 0 aromatic rings. The normalized spacial score (nSPS) is 28.8. The number of hydrogen-bond donors (Lipinski definition) is 2. The van der Waals surface area contributed by atoms with E-state index in [-0.39, 0.29) is 6.61 Å². The van der Waals surface area contributed by atoms with E-state index in [1.165, 1.54) is 12.2 Å². The van der Waals surface area contributed by atoms with Crippen molar-refractivity contribution in [1.29, 1.82) is 0 Å². The number of carbonyl (C=O) groups excluding carboxylic acids is 1. The molecule has 0 heterocycles. The molecule has 0 saturated carbocycles. The second-order valence-electron chi connectivity index (χ2n) is 1.92. The van der Waals surface area contributed by atoms with Gasteiger partial charge in [-0.15, -0.1) is 0 Å². The SMILES string of the molecule is O=C1C=CC1(O)C#CCO. The smallest absolute Gasteiger partial charge is 0.208 e. The van der Waals surface area contributed by atoms with Crippen molar-refractivity contribution in [2.45, 2.75) is 5.60 Å². The fourth-order valence-electron chi connectivity index (χ4n) is 0.587. The van der Waals surface area contributed by atoms with Crippen LogP contribution in [-0.2, 0) is 4.79 Å². The second kappa shape index (κ2) is 2.25. The Morgan fingerprint density at radius 1 is 1.70 bits per heavy atom. The molecular weight excluding hydrogens is 132 g/mol. The van der Waals surface area contributed by atoms with Crippen LogP contribution in [0.3, 0.4) is 0 Å². The summed E-state index contributed by atoms with van der Waals surface area (Å²) < 4.78 is 0. The van der Waals surface area contributed by atoms with Crippen LogP contribution in [0.15, 0.2) is 12.2 Å². The first-order chi connectivity index (χ1) is 4.69. The van der Waals surface area contributed by atoms with Crippen LogP contribution in [0, 0.1) is 11.8 Å². The van der Waals surface area contributed by atoms with Gasteiger partial charge in [-0.05, 0) is 12.2 Å². The third-order valence-electron chi connectivity index (χ3n) is 1.21. The highest BCUT2D eigenvalue weighted by atomic mass is 16.3. The number of hydrogen-bond acceptors (Lipinski definition) is 3. The molecular formula is C7H6O3. The maximum absolute atomic E-state index is 10.5. The lowest BCUT2D eigenvalue weighted by Gasteiger charge is -2.20. The highest BCUT2D eigenvalue weighted by Crippen LogP contribution is 2.16. The Hall–Kier alpha value is -1.11. The van der Waals surface area contributed by atoms with Gasteiger partial charge in [0.15, 0.2) is 0 Å². The van der Waals surface area contributed by atoms with Crippen molar-refractivity contribution in [3.05, 3.63) is 12.2 Å². The number of carbonyl (C=O) groups is 1. The zero-order valence-electron chi connectivity index (χ0n) is 5.16. The minimum absolute atomic E-state index is 0.344. The first-order valence-electron chi connectivity index (χ1n) is 2.76. The maximum atomic E-state index is 10.5. The molecule has 0 saturated heterocycles. The Morgan fingerprint density at radius 3 is 2.70 bits per heavy atom. The summed E-state index contributed by atoms with van der Waals surface area (Å²) in [4.78, 5) is 10.5. The topological polar surface area (TPSA) is 57.5 Å².